The number of fused-ring (bicyclic) bond motifs is 1. The van der Waals surface area contributed by atoms with Gasteiger partial charge in [-0.1, -0.05) is 50.3 Å². The maximum atomic E-state index is 5.98. The molecular formula is C15H19N5S. The maximum Gasteiger partial charge on any atom is 0.234 e. The van der Waals surface area contributed by atoms with Gasteiger partial charge in [0.25, 0.3) is 0 Å². The maximum absolute atomic E-state index is 5.98. The lowest BCUT2D eigenvalue weighted by atomic mass is 9.96. The van der Waals surface area contributed by atoms with Crippen molar-refractivity contribution >= 4 is 22.0 Å². The number of rotatable bonds is 3. The topological polar surface area (TPSA) is 69.1 Å². The van der Waals surface area contributed by atoms with Crippen LogP contribution in [0.5, 0.6) is 0 Å². The van der Waals surface area contributed by atoms with E-state index in [1.54, 1.807) is 11.3 Å². The van der Waals surface area contributed by atoms with E-state index in [1.807, 2.05) is 22.7 Å². The number of para-hydroxylation sites is 1. The first-order chi connectivity index (χ1) is 9.95. The molecule has 0 atom stereocenters. The van der Waals surface area contributed by atoms with Crippen molar-refractivity contribution in [1.82, 2.24) is 19.8 Å². The molecule has 0 unspecified atom stereocenters. The summed E-state index contributed by atoms with van der Waals surface area (Å²) in [4.78, 5) is 0.857. The van der Waals surface area contributed by atoms with Crippen LogP contribution in [0, 0.1) is 0 Å². The molecule has 3 rings (SSSR count). The third kappa shape index (κ3) is 2.76. The van der Waals surface area contributed by atoms with Gasteiger partial charge < -0.3 is 5.73 Å². The molecule has 0 aliphatic carbocycles. The molecule has 21 heavy (non-hydrogen) atoms. The smallest absolute Gasteiger partial charge is 0.234 e. The summed E-state index contributed by atoms with van der Waals surface area (Å²) < 4.78 is 1.87. The number of hydrogen-bond donors (Lipinski definition) is 1. The number of nitrogens with zero attached hydrogens (tertiary/aromatic N) is 4. The molecule has 2 aromatic heterocycles. The molecule has 0 amide bonds. The van der Waals surface area contributed by atoms with Crippen molar-refractivity contribution in [3.05, 3.63) is 40.7 Å². The quantitative estimate of drug-likeness (QED) is 0.755. The fourth-order valence-electron chi connectivity index (χ4n) is 2.23. The second kappa shape index (κ2) is 5.11. The SMILES string of the molecule is CC(C)(C)c1nnc2sc(CCc3ccccc3N)nn12. The molecule has 1 aromatic carbocycles. The van der Waals surface area contributed by atoms with Crippen LogP contribution >= 0.6 is 11.3 Å². The minimum atomic E-state index is -0.0609. The van der Waals surface area contributed by atoms with E-state index in [0.29, 0.717) is 0 Å². The Balaban J connectivity index is 1.83. The predicted octanol–water partition coefficient (Wildman–Crippen LogP) is 2.85. The molecule has 6 heteroatoms. The lowest BCUT2D eigenvalue weighted by molar-refractivity contribution is 0.526. The molecule has 3 aromatic rings. The van der Waals surface area contributed by atoms with Gasteiger partial charge in [0.05, 0.1) is 0 Å². The Hall–Kier alpha value is -1.95. The fraction of sp³-hybridized carbons (Fsp3) is 0.400. The summed E-state index contributed by atoms with van der Waals surface area (Å²) >= 11 is 1.60. The normalized spacial score (nSPS) is 12.1. The van der Waals surface area contributed by atoms with Gasteiger partial charge in [-0.2, -0.15) is 9.61 Å². The molecule has 110 valence electrons. The summed E-state index contributed by atoms with van der Waals surface area (Å²) in [6.07, 6.45) is 1.76. The van der Waals surface area contributed by atoms with Crippen LogP contribution < -0.4 is 5.73 Å². The van der Waals surface area contributed by atoms with Crippen molar-refractivity contribution in [2.75, 3.05) is 5.73 Å². The minimum Gasteiger partial charge on any atom is -0.399 e. The Morgan fingerprint density at radius 1 is 1.14 bits per heavy atom. The van der Waals surface area contributed by atoms with Crippen LogP contribution in [0.25, 0.3) is 4.96 Å². The van der Waals surface area contributed by atoms with E-state index in [1.165, 1.54) is 5.56 Å². The van der Waals surface area contributed by atoms with Gasteiger partial charge in [-0.15, -0.1) is 10.2 Å². The molecule has 0 fully saturated rings. The highest BCUT2D eigenvalue weighted by atomic mass is 32.1. The van der Waals surface area contributed by atoms with Gasteiger partial charge in [0, 0.05) is 17.5 Å². The highest BCUT2D eigenvalue weighted by molar-refractivity contribution is 7.16. The molecule has 5 nitrogen and oxygen atoms in total. The number of benzene rings is 1. The van der Waals surface area contributed by atoms with Gasteiger partial charge >= 0.3 is 0 Å². The molecule has 0 saturated carbocycles. The van der Waals surface area contributed by atoms with Gasteiger partial charge in [0.15, 0.2) is 5.82 Å². The number of nitrogens with two attached hydrogens (primary N) is 1. The van der Waals surface area contributed by atoms with Gasteiger partial charge in [0.2, 0.25) is 4.96 Å². The Labute approximate surface area is 127 Å². The van der Waals surface area contributed by atoms with Crippen molar-refractivity contribution in [3.63, 3.8) is 0 Å². The average Bonchev–Trinajstić information content (AvgIpc) is 2.96. The highest BCUT2D eigenvalue weighted by Gasteiger charge is 2.23. The van der Waals surface area contributed by atoms with Crippen LogP contribution in [0.3, 0.4) is 0 Å². The molecule has 2 heterocycles. The average molecular weight is 301 g/mol. The van der Waals surface area contributed by atoms with Crippen LogP contribution in [-0.4, -0.2) is 19.8 Å². The zero-order valence-electron chi connectivity index (χ0n) is 12.5. The van der Waals surface area contributed by atoms with Crippen molar-refractivity contribution in [2.45, 2.75) is 39.0 Å². The van der Waals surface area contributed by atoms with E-state index in [4.69, 9.17) is 5.73 Å². The van der Waals surface area contributed by atoms with E-state index < -0.39 is 0 Å². The van der Waals surface area contributed by atoms with Crippen LogP contribution in [0.15, 0.2) is 24.3 Å². The summed E-state index contributed by atoms with van der Waals surface area (Å²) in [6.45, 7) is 6.35. The highest BCUT2D eigenvalue weighted by Crippen LogP contribution is 2.24. The molecule has 2 N–H and O–H groups in total. The lowest BCUT2D eigenvalue weighted by Gasteiger charge is -2.13. The summed E-state index contributed by atoms with van der Waals surface area (Å²) in [5.41, 5.74) is 7.93. The van der Waals surface area contributed by atoms with E-state index in [0.717, 1.165) is 34.3 Å². The number of aromatic nitrogens is 4. The Bertz CT molecular complexity index is 766. The van der Waals surface area contributed by atoms with E-state index in [2.05, 4.69) is 42.1 Å². The first kappa shape index (κ1) is 14.0. The Morgan fingerprint density at radius 2 is 1.90 bits per heavy atom. The fourth-order valence-corrected chi connectivity index (χ4v) is 3.06. The van der Waals surface area contributed by atoms with Crippen molar-refractivity contribution in [3.8, 4) is 0 Å². The first-order valence-electron chi connectivity index (χ1n) is 7.00. The Kier molecular flexibility index (Phi) is 3.41. The summed E-state index contributed by atoms with van der Waals surface area (Å²) in [7, 11) is 0. The van der Waals surface area contributed by atoms with Crippen LogP contribution in [0.2, 0.25) is 0 Å². The van der Waals surface area contributed by atoms with Gasteiger partial charge in [-0.05, 0) is 18.1 Å². The standard InChI is InChI=1S/C15H19N5S/c1-15(2,3)13-17-18-14-20(13)19-12(21-14)9-8-10-6-4-5-7-11(10)16/h4-7H,8-9,16H2,1-3H3. The monoisotopic (exact) mass is 301 g/mol. The van der Waals surface area contributed by atoms with E-state index in [9.17, 15) is 0 Å². The zero-order valence-corrected chi connectivity index (χ0v) is 13.3. The van der Waals surface area contributed by atoms with E-state index >= 15 is 0 Å². The zero-order chi connectivity index (χ0) is 15.0. The van der Waals surface area contributed by atoms with E-state index in [-0.39, 0.29) is 5.41 Å². The molecule has 0 bridgehead atoms. The molecule has 0 saturated heterocycles. The minimum absolute atomic E-state index is 0.0609. The first-order valence-corrected chi connectivity index (χ1v) is 7.82. The third-order valence-corrected chi connectivity index (χ3v) is 4.33. The molecular weight excluding hydrogens is 282 g/mol. The molecule has 0 spiro atoms. The van der Waals surface area contributed by atoms with Crippen LogP contribution in [0.4, 0.5) is 5.69 Å². The second-order valence-electron chi connectivity index (χ2n) is 6.16. The van der Waals surface area contributed by atoms with Gasteiger partial charge in [-0.3, -0.25) is 0 Å². The largest absolute Gasteiger partial charge is 0.399 e. The van der Waals surface area contributed by atoms with Gasteiger partial charge in [0.1, 0.15) is 5.01 Å². The number of anilines is 1. The van der Waals surface area contributed by atoms with Crippen LogP contribution in [0.1, 0.15) is 37.2 Å². The summed E-state index contributed by atoms with van der Waals surface area (Å²) in [5.74, 6) is 0.902. The van der Waals surface area contributed by atoms with Crippen molar-refractivity contribution < 1.29 is 0 Å². The molecule has 0 aliphatic rings. The molecule has 0 aliphatic heterocycles. The number of aryl methyl sites for hydroxylation is 2. The van der Waals surface area contributed by atoms with Crippen molar-refractivity contribution in [2.24, 2.45) is 0 Å². The number of nitrogen functional groups attached to an aromatic ring is 1. The van der Waals surface area contributed by atoms with Crippen LogP contribution in [-0.2, 0) is 18.3 Å². The number of hydrogen-bond acceptors (Lipinski definition) is 5. The molecule has 0 radical (unpaired) electrons. The summed E-state index contributed by atoms with van der Waals surface area (Å²) in [5, 5.41) is 14.2. The Morgan fingerprint density at radius 3 is 2.62 bits per heavy atom. The van der Waals surface area contributed by atoms with Gasteiger partial charge in [-0.25, -0.2) is 0 Å². The second-order valence-corrected chi connectivity index (χ2v) is 7.20. The summed E-state index contributed by atoms with van der Waals surface area (Å²) in [6, 6.07) is 7.97. The predicted molar refractivity (Wildman–Crippen MR) is 85.6 cm³/mol. The van der Waals surface area contributed by atoms with Crippen molar-refractivity contribution in [1.29, 1.82) is 0 Å². The lowest BCUT2D eigenvalue weighted by Crippen LogP contribution is -2.16. The third-order valence-electron chi connectivity index (χ3n) is 3.37.